The third kappa shape index (κ3) is 4.79. The highest BCUT2D eigenvalue weighted by Gasteiger charge is 2.11. The number of hydrogen-bond donors (Lipinski definition) is 1. The van der Waals surface area contributed by atoms with Crippen LogP contribution in [0.25, 0.3) is 6.08 Å². The first-order valence-corrected chi connectivity index (χ1v) is 8.69. The highest BCUT2D eigenvalue weighted by molar-refractivity contribution is 5.94. The second-order valence-electron chi connectivity index (χ2n) is 6.30. The van der Waals surface area contributed by atoms with Gasteiger partial charge in [0, 0.05) is 23.5 Å². The van der Waals surface area contributed by atoms with Crippen LogP contribution in [0.15, 0.2) is 45.5 Å². The molecule has 0 aromatic carbocycles. The van der Waals surface area contributed by atoms with E-state index in [2.05, 4.69) is 15.0 Å². The Kier molecular flexibility index (Phi) is 5.78. The van der Waals surface area contributed by atoms with E-state index < -0.39 is 18.5 Å². The van der Waals surface area contributed by atoms with E-state index in [1.165, 1.54) is 6.08 Å². The molecule has 0 spiro atoms. The largest absolute Gasteiger partial charge is 0.467 e. The molecule has 1 amide bonds. The van der Waals surface area contributed by atoms with Crippen LogP contribution in [0.4, 0.5) is 5.82 Å². The summed E-state index contributed by atoms with van der Waals surface area (Å²) in [6, 6.07) is 7.30. The van der Waals surface area contributed by atoms with Crippen molar-refractivity contribution in [1.29, 1.82) is 0 Å². The van der Waals surface area contributed by atoms with Crippen molar-refractivity contribution in [3.8, 4) is 0 Å². The summed E-state index contributed by atoms with van der Waals surface area (Å²) >= 11 is 0. The van der Waals surface area contributed by atoms with Gasteiger partial charge in [-0.05, 0) is 50.6 Å². The number of aryl methyl sites for hydroxylation is 2. The van der Waals surface area contributed by atoms with Crippen molar-refractivity contribution >= 4 is 23.8 Å². The summed E-state index contributed by atoms with van der Waals surface area (Å²) in [7, 11) is 0. The predicted octanol–water partition coefficient (Wildman–Crippen LogP) is 3.24. The van der Waals surface area contributed by atoms with Gasteiger partial charge in [-0.1, -0.05) is 5.16 Å². The van der Waals surface area contributed by atoms with Crippen LogP contribution >= 0.6 is 0 Å². The van der Waals surface area contributed by atoms with E-state index in [0.29, 0.717) is 12.3 Å². The standard InChI is InChI=1S/C20H21N3O5/c1-13-9-16(15(3)23(13)11-17-5-4-8-26-17)6-7-20(25)27-12-19(24)21-18-10-14(2)28-22-18/h4-10H,11-12H2,1-3H3,(H,21,22,24)/b7-6+. The Hall–Kier alpha value is -3.55. The molecule has 3 aromatic heterocycles. The second kappa shape index (κ2) is 8.43. The number of anilines is 1. The molecule has 0 bridgehead atoms. The van der Waals surface area contributed by atoms with Gasteiger partial charge < -0.3 is 23.6 Å². The quantitative estimate of drug-likeness (QED) is 0.497. The van der Waals surface area contributed by atoms with Crippen molar-refractivity contribution < 1.29 is 23.3 Å². The number of carbonyl (C=O) groups is 2. The smallest absolute Gasteiger partial charge is 0.331 e. The number of furan rings is 1. The van der Waals surface area contributed by atoms with Crippen LogP contribution in [-0.4, -0.2) is 28.2 Å². The molecule has 8 nitrogen and oxygen atoms in total. The van der Waals surface area contributed by atoms with Gasteiger partial charge >= 0.3 is 5.97 Å². The molecule has 0 saturated carbocycles. The average Bonchev–Trinajstić information content (AvgIpc) is 3.37. The normalized spacial score (nSPS) is 11.1. The fourth-order valence-corrected chi connectivity index (χ4v) is 2.75. The van der Waals surface area contributed by atoms with E-state index in [0.717, 1.165) is 22.7 Å². The molecular formula is C20H21N3O5. The maximum absolute atomic E-state index is 11.9. The first-order chi connectivity index (χ1) is 13.4. The maximum Gasteiger partial charge on any atom is 0.331 e. The molecule has 0 unspecified atom stereocenters. The molecule has 3 aromatic rings. The van der Waals surface area contributed by atoms with Crippen LogP contribution in [0.1, 0.15) is 28.5 Å². The van der Waals surface area contributed by atoms with Gasteiger partial charge in [0.15, 0.2) is 12.4 Å². The number of hydrogen-bond acceptors (Lipinski definition) is 6. The Balaban J connectivity index is 1.54. The number of nitrogens with one attached hydrogen (secondary N) is 1. The lowest BCUT2D eigenvalue weighted by atomic mass is 10.2. The van der Waals surface area contributed by atoms with Crippen molar-refractivity contribution in [2.24, 2.45) is 0 Å². The van der Waals surface area contributed by atoms with Crippen LogP contribution in [0.3, 0.4) is 0 Å². The van der Waals surface area contributed by atoms with E-state index in [-0.39, 0.29) is 5.82 Å². The molecule has 8 heteroatoms. The van der Waals surface area contributed by atoms with Crippen LogP contribution < -0.4 is 5.32 Å². The fourth-order valence-electron chi connectivity index (χ4n) is 2.75. The molecule has 0 aliphatic heterocycles. The number of carbonyl (C=O) groups excluding carboxylic acids is 2. The van der Waals surface area contributed by atoms with Crippen LogP contribution in [-0.2, 0) is 20.9 Å². The molecule has 0 radical (unpaired) electrons. The van der Waals surface area contributed by atoms with Crippen molar-refractivity contribution in [2.45, 2.75) is 27.3 Å². The number of esters is 1. The van der Waals surface area contributed by atoms with Crippen molar-refractivity contribution in [2.75, 3.05) is 11.9 Å². The lowest BCUT2D eigenvalue weighted by molar-refractivity contribution is -0.142. The lowest BCUT2D eigenvalue weighted by Crippen LogP contribution is -2.20. The Bertz CT molecular complexity index is 995. The van der Waals surface area contributed by atoms with E-state index in [4.69, 9.17) is 13.7 Å². The zero-order chi connectivity index (χ0) is 20.1. The number of nitrogens with zero attached hydrogens (tertiary/aromatic N) is 2. The zero-order valence-electron chi connectivity index (χ0n) is 15.9. The maximum atomic E-state index is 11.9. The van der Waals surface area contributed by atoms with E-state index in [1.54, 1.807) is 25.3 Å². The third-order valence-corrected chi connectivity index (χ3v) is 4.15. The first kappa shape index (κ1) is 19.2. The molecule has 0 fully saturated rings. The third-order valence-electron chi connectivity index (χ3n) is 4.15. The van der Waals surface area contributed by atoms with Crippen molar-refractivity contribution in [1.82, 2.24) is 9.72 Å². The molecule has 3 heterocycles. The topological polar surface area (TPSA) is 99.5 Å². The number of ether oxygens (including phenoxy) is 1. The van der Waals surface area contributed by atoms with E-state index in [1.807, 2.05) is 32.0 Å². The van der Waals surface area contributed by atoms with Crippen molar-refractivity contribution in [3.63, 3.8) is 0 Å². The van der Waals surface area contributed by atoms with Gasteiger partial charge in [-0.2, -0.15) is 0 Å². The second-order valence-corrected chi connectivity index (χ2v) is 6.30. The highest BCUT2D eigenvalue weighted by atomic mass is 16.5. The molecular weight excluding hydrogens is 362 g/mol. The summed E-state index contributed by atoms with van der Waals surface area (Å²) in [6.07, 6.45) is 4.61. The summed E-state index contributed by atoms with van der Waals surface area (Å²) in [5.74, 6) is 0.594. The minimum Gasteiger partial charge on any atom is -0.467 e. The molecule has 0 aliphatic carbocycles. The molecule has 0 saturated heterocycles. The zero-order valence-corrected chi connectivity index (χ0v) is 15.9. The van der Waals surface area contributed by atoms with Crippen LogP contribution in [0.2, 0.25) is 0 Å². The Morgan fingerprint density at radius 1 is 1.29 bits per heavy atom. The van der Waals surface area contributed by atoms with Gasteiger partial charge in [0.05, 0.1) is 12.8 Å². The number of aromatic nitrogens is 2. The summed E-state index contributed by atoms with van der Waals surface area (Å²) in [5, 5.41) is 6.11. The SMILES string of the molecule is Cc1cc(NC(=O)COC(=O)/C=C/c2cc(C)n(Cc3ccco3)c2C)no1. The molecule has 146 valence electrons. The average molecular weight is 383 g/mol. The minimum absolute atomic E-state index is 0.276. The molecule has 3 rings (SSSR count). The Morgan fingerprint density at radius 3 is 2.79 bits per heavy atom. The summed E-state index contributed by atoms with van der Waals surface area (Å²) in [6.45, 7) is 5.87. The van der Waals surface area contributed by atoms with Gasteiger partial charge in [-0.25, -0.2) is 4.79 Å². The minimum atomic E-state index is -0.609. The van der Waals surface area contributed by atoms with Gasteiger partial charge in [-0.3, -0.25) is 4.79 Å². The molecule has 0 aliphatic rings. The highest BCUT2D eigenvalue weighted by Crippen LogP contribution is 2.18. The Morgan fingerprint density at radius 2 is 2.11 bits per heavy atom. The van der Waals surface area contributed by atoms with Gasteiger partial charge in [-0.15, -0.1) is 0 Å². The summed E-state index contributed by atoms with van der Waals surface area (Å²) in [5.41, 5.74) is 2.94. The summed E-state index contributed by atoms with van der Waals surface area (Å²) < 4.78 is 17.3. The van der Waals surface area contributed by atoms with E-state index in [9.17, 15) is 9.59 Å². The molecule has 1 N–H and O–H groups in total. The predicted molar refractivity (Wildman–Crippen MR) is 102 cm³/mol. The lowest BCUT2D eigenvalue weighted by Gasteiger charge is -2.07. The van der Waals surface area contributed by atoms with Gasteiger partial charge in [0.2, 0.25) is 0 Å². The number of amides is 1. The van der Waals surface area contributed by atoms with Gasteiger partial charge in [0.1, 0.15) is 11.5 Å². The first-order valence-electron chi connectivity index (χ1n) is 8.69. The monoisotopic (exact) mass is 383 g/mol. The fraction of sp³-hybridized carbons (Fsp3) is 0.250. The molecule has 28 heavy (non-hydrogen) atoms. The number of rotatable bonds is 7. The van der Waals surface area contributed by atoms with Gasteiger partial charge in [0.25, 0.3) is 5.91 Å². The Labute approximate surface area is 161 Å². The molecule has 0 atom stereocenters. The summed E-state index contributed by atoms with van der Waals surface area (Å²) in [4.78, 5) is 23.6. The van der Waals surface area contributed by atoms with Crippen LogP contribution in [0.5, 0.6) is 0 Å². The van der Waals surface area contributed by atoms with E-state index >= 15 is 0 Å². The van der Waals surface area contributed by atoms with Crippen LogP contribution in [0, 0.1) is 20.8 Å². The van der Waals surface area contributed by atoms with Crippen molar-refractivity contribution in [3.05, 3.63) is 65.1 Å².